The molecule has 12 saturated carbocycles. The van der Waals surface area contributed by atoms with Crippen molar-refractivity contribution in [2.45, 2.75) is 363 Å². The lowest BCUT2D eigenvalue weighted by Crippen LogP contribution is -2.59. The van der Waals surface area contributed by atoms with Gasteiger partial charge in [0.05, 0.1) is 36.6 Å². The van der Waals surface area contributed by atoms with Crippen LogP contribution in [0.3, 0.4) is 0 Å². The topological polar surface area (TPSA) is 121 Å². The molecule has 0 aliphatic heterocycles. The van der Waals surface area contributed by atoms with Gasteiger partial charge in [-0.1, -0.05) is 160 Å². The molecule has 12 aliphatic carbocycles. The molecule has 0 aromatic heterocycles. The third-order valence-corrected chi connectivity index (χ3v) is 34.5. The van der Waals surface area contributed by atoms with Gasteiger partial charge in [0.2, 0.25) is 0 Å². The fourth-order valence-corrected chi connectivity index (χ4v) is 29.9. The van der Waals surface area contributed by atoms with Gasteiger partial charge in [0.1, 0.15) is 0 Å². The largest absolute Gasteiger partial charge is 0.393 e. The van der Waals surface area contributed by atoms with Gasteiger partial charge in [0.15, 0.2) is 0 Å². The van der Waals surface area contributed by atoms with Crippen molar-refractivity contribution >= 4 is 0 Å². The zero-order valence-electron chi connectivity index (χ0n) is 59.8. The Labute approximate surface area is 547 Å². The van der Waals surface area contributed by atoms with Crippen LogP contribution in [0.4, 0.5) is 0 Å². The Morgan fingerprint density at radius 3 is 1.11 bits per heavy atom. The SMILES string of the molecule is CC(C)CCCCC[C@@H](C)[C@H]1CCC2C3C[C@H](O)[C@@H]4C[C@H](O)CC[C@]4(CCC(C)CCCC[C@@H](C)[C@H]4CCC5C6C[C@H](O)[C@@H]7C[C@H](O)CC[C@]7(CCC(C)CC[C@@H](C)[C@H]7CCC8C9C[C@H](O)[C@@H]%10C[C@H](O)CC[C@]%10(C)C9CC[C@@]87C)C6CC[C@@]54C)C3CC[C@@]21C. The molecule has 12 aliphatic rings. The van der Waals surface area contributed by atoms with E-state index in [0.717, 1.165) is 142 Å². The number of aliphatic hydroxyl groups is 6. The first-order valence-corrected chi connectivity index (χ1v) is 40.4. The van der Waals surface area contributed by atoms with E-state index in [-0.39, 0.29) is 70.6 Å². The first kappa shape index (κ1) is 68.7. The monoisotopic (exact) mass is 1240 g/mol. The van der Waals surface area contributed by atoms with Gasteiger partial charge in [-0.05, 0) is 324 Å². The molecule has 0 aromatic rings. The molecule has 0 spiro atoms. The van der Waals surface area contributed by atoms with Gasteiger partial charge in [0, 0.05) is 0 Å². The summed E-state index contributed by atoms with van der Waals surface area (Å²) in [6.07, 6.45) is 46.4. The van der Waals surface area contributed by atoms with Crippen molar-refractivity contribution in [3.8, 4) is 0 Å². The summed E-state index contributed by atoms with van der Waals surface area (Å²) in [4.78, 5) is 0. The van der Waals surface area contributed by atoms with E-state index < -0.39 is 0 Å². The Hall–Kier alpha value is -0.240. The lowest BCUT2D eigenvalue weighted by molar-refractivity contribution is -0.184. The van der Waals surface area contributed by atoms with Crippen molar-refractivity contribution in [1.29, 1.82) is 0 Å². The Balaban J connectivity index is 0.621. The Bertz CT molecular complexity index is 2300. The fourth-order valence-electron chi connectivity index (χ4n) is 29.9. The van der Waals surface area contributed by atoms with Gasteiger partial charge < -0.3 is 30.6 Å². The summed E-state index contributed by atoms with van der Waals surface area (Å²) in [6.45, 7) is 28.4. The van der Waals surface area contributed by atoms with E-state index in [0.29, 0.717) is 57.7 Å². The van der Waals surface area contributed by atoms with E-state index in [4.69, 9.17) is 0 Å². The van der Waals surface area contributed by atoms with Gasteiger partial charge in [-0.2, -0.15) is 0 Å². The van der Waals surface area contributed by atoms with Crippen LogP contribution in [-0.4, -0.2) is 67.3 Å². The number of hydrogen-bond acceptors (Lipinski definition) is 6. The van der Waals surface area contributed by atoms with Gasteiger partial charge in [0.25, 0.3) is 0 Å². The standard InChI is InChI=1S/C83H144O6/c1-51(2)17-13-12-14-19-54(5)63-23-27-67-61-49-76(88)73-46-58(85)32-43-82(73,70(61)35-39-79(63,67)9)41-29-52(3)18-15-16-20-55(6)64-24-28-68-62-50-77(89)74-47-59(86)33-44-83(74,71(62)36-40-80(64,68)10)42-30-53(4)21-22-56(7)65-25-26-66-60-48-75(87)72-45-57(84)31-37-81(72,11)69(60)34-38-78(65,66)8/h51-77,84-89H,12-50H2,1-11H3/t52?,53?,54-,55-,56-,57-,58-,59-,60?,61?,62?,63-,64-,65-,66?,67?,68?,69?,70?,71?,72+,73+,74+,75+,76+,77+,78-,79-,80-,81-,82-,83-/m1/s1. The molecule has 0 amide bonds. The van der Waals surface area contributed by atoms with Gasteiger partial charge >= 0.3 is 0 Å². The maximum absolute atomic E-state index is 12.4. The maximum atomic E-state index is 12.4. The molecule has 32 atom stereocenters. The zero-order chi connectivity index (χ0) is 63.2. The van der Waals surface area contributed by atoms with Crippen molar-refractivity contribution in [3.05, 3.63) is 0 Å². The number of unbranched alkanes of at least 4 members (excludes halogenated alkanes) is 3. The molecule has 6 heteroatoms. The highest BCUT2D eigenvalue weighted by molar-refractivity contribution is 5.16. The number of hydrogen-bond donors (Lipinski definition) is 6. The molecule has 0 aromatic carbocycles. The average Bonchev–Trinajstić information content (AvgIpc) is 1.59. The molecule has 512 valence electrons. The van der Waals surface area contributed by atoms with Crippen LogP contribution < -0.4 is 0 Å². The molecule has 6 nitrogen and oxygen atoms in total. The van der Waals surface area contributed by atoms with Crippen LogP contribution in [0.2, 0.25) is 0 Å². The number of aliphatic hydroxyl groups excluding tert-OH is 6. The van der Waals surface area contributed by atoms with Crippen LogP contribution in [0.1, 0.15) is 327 Å². The van der Waals surface area contributed by atoms with Crippen molar-refractivity contribution < 1.29 is 30.6 Å². The molecule has 12 rings (SSSR count). The summed E-state index contributed by atoms with van der Waals surface area (Å²) in [5, 5.41) is 69.5. The fraction of sp³-hybridized carbons (Fsp3) is 1.00. The smallest absolute Gasteiger partial charge is 0.0577 e. The Morgan fingerprint density at radius 2 is 0.640 bits per heavy atom. The minimum Gasteiger partial charge on any atom is -0.393 e. The Kier molecular flexibility index (Phi) is 21.0. The second-order valence-corrected chi connectivity index (χ2v) is 38.9. The summed E-state index contributed by atoms with van der Waals surface area (Å²) in [6, 6.07) is 0. The second kappa shape index (κ2) is 27.2. The highest BCUT2D eigenvalue weighted by Gasteiger charge is 2.67. The van der Waals surface area contributed by atoms with Gasteiger partial charge in [-0.15, -0.1) is 0 Å². The van der Waals surface area contributed by atoms with Crippen LogP contribution in [0.15, 0.2) is 0 Å². The second-order valence-electron chi connectivity index (χ2n) is 38.9. The van der Waals surface area contributed by atoms with E-state index in [9.17, 15) is 30.6 Å². The average molecular weight is 1240 g/mol. The first-order valence-electron chi connectivity index (χ1n) is 40.4. The van der Waals surface area contributed by atoms with E-state index in [1.54, 1.807) is 0 Å². The highest BCUT2D eigenvalue weighted by atomic mass is 16.3. The van der Waals surface area contributed by atoms with Crippen LogP contribution in [0.5, 0.6) is 0 Å². The molecule has 89 heavy (non-hydrogen) atoms. The number of fused-ring (bicyclic) bond motifs is 15. The molecule has 0 radical (unpaired) electrons. The van der Waals surface area contributed by atoms with Gasteiger partial charge in [-0.3, -0.25) is 0 Å². The first-order chi connectivity index (χ1) is 42.4. The molecular weight excluding hydrogens is 1090 g/mol. The van der Waals surface area contributed by atoms with E-state index >= 15 is 0 Å². The van der Waals surface area contributed by atoms with E-state index in [2.05, 4.69) is 76.2 Å². The lowest BCUT2D eigenvalue weighted by atomic mass is 9.42. The highest BCUT2D eigenvalue weighted by Crippen LogP contribution is 2.73. The van der Waals surface area contributed by atoms with Crippen LogP contribution in [-0.2, 0) is 0 Å². The molecule has 0 saturated heterocycles. The lowest BCUT2D eigenvalue weighted by Gasteiger charge is -2.63. The molecule has 12 fully saturated rings. The van der Waals surface area contributed by atoms with Crippen molar-refractivity contribution in [2.75, 3.05) is 0 Å². The third kappa shape index (κ3) is 12.6. The van der Waals surface area contributed by atoms with E-state index in [1.165, 1.54) is 173 Å². The van der Waals surface area contributed by atoms with Crippen LogP contribution in [0.25, 0.3) is 0 Å². The van der Waals surface area contributed by atoms with E-state index in [1.807, 2.05) is 0 Å². The Morgan fingerprint density at radius 1 is 0.292 bits per heavy atom. The minimum atomic E-state index is -0.275. The predicted octanol–water partition coefficient (Wildman–Crippen LogP) is 19.6. The molecule has 11 unspecified atom stereocenters. The molecular formula is C83H144O6. The molecule has 6 N–H and O–H groups in total. The quantitative estimate of drug-likeness (QED) is 0.0567. The van der Waals surface area contributed by atoms with Crippen molar-refractivity contribution in [2.24, 2.45) is 157 Å². The summed E-state index contributed by atoms with van der Waals surface area (Å²) in [5.41, 5.74) is 1.75. The van der Waals surface area contributed by atoms with Crippen molar-refractivity contribution in [1.82, 2.24) is 0 Å². The summed E-state index contributed by atoms with van der Waals surface area (Å²) in [7, 11) is 0. The van der Waals surface area contributed by atoms with Crippen LogP contribution >= 0.6 is 0 Å². The number of rotatable bonds is 23. The van der Waals surface area contributed by atoms with Crippen molar-refractivity contribution in [3.63, 3.8) is 0 Å². The maximum Gasteiger partial charge on any atom is 0.0577 e. The minimum absolute atomic E-state index is 0.171. The predicted molar refractivity (Wildman–Crippen MR) is 366 cm³/mol. The third-order valence-electron chi connectivity index (χ3n) is 34.5. The zero-order valence-corrected chi connectivity index (χ0v) is 59.8. The van der Waals surface area contributed by atoms with Gasteiger partial charge in [-0.25, -0.2) is 0 Å². The molecule has 0 heterocycles. The normalized spacial score (nSPS) is 50.8. The summed E-state index contributed by atoms with van der Waals surface area (Å²) < 4.78 is 0. The molecule has 0 bridgehead atoms. The summed E-state index contributed by atoms with van der Waals surface area (Å²) in [5.74, 6) is 14.0. The van der Waals surface area contributed by atoms with Crippen LogP contribution in [0, 0.1) is 157 Å². The summed E-state index contributed by atoms with van der Waals surface area (Å²) >= 11 is 0.